The molecule has 2 aliphatic rings. The van der Waals surface area contributed by atoms with Crippen molar-refractivity contribution in [1.29, 1.82) is 0 Å². The Hall–Kier alpha value is -0.540. The first-order chi connectivity index (χ1) is 8.22. The first kappa shape index (κ1) is 11.5. The molecule has 0 spiro atoms. The Balaban J connectivity index is 1.73. The molecule has 1 saturated carbocycles. The molecule has 17 heavy (non-hydrogen) atoms. The molecule has 2 aliphatic carbocycles. The van der Waals surface area contributed by atoms with E-state index in [1.807, 2.05) is 0 Å². The van der Waals surface area contributed by atoms with Crippen molar-refractivity contribution in [1.82, 2.24) is 5.32 Å². The molecule has 0 saturated heterocycles. The molecule has 0 bridgehead atoms. The molecule has 2 nitrogen and oxygen atoms in total. The van der Waals surface area contributed by atoms with Crippen LogP contribution in [0.2, 0.25) is 0 Å². The summed E-state index contributed by atoms with van der Waals surface area (Å²) < 4.78 is 0. The first-order valence-electron chi connectivity index (χ1n) is 6.22. The number of aryl methyl sites for hydroxylation is 2. The molecule has 0 atom stereocenters. The normalized spacial score (nSPS) is 20.8. The molecule has 92 valence electrons. The van der Waals surface area contributed by atoms with Gasteiger partial charge in [-0.25, -0.2) is 0 Å². The number of carbonyl (C=O) groups excluding carboxylic acids is 1. The van der Waals surface area contributed by atoms with Crippen LogP contribution in [0.5, 0.6) is 0 Å². The highest BCUT2D eigenvalue weighted by molar-refractivity contribution is 7.14. The van der Waals surface area contributed by atoms with Gasteiger partial charge in [0.25, 0.3) is 5.91 Å². The Bertz CT molecular complexity index is 423. The summed E-state index contributed by atoms with van der Waals surface area (Å²) >= 11 is 7.62. The summed E-state index contributed by atoms with van der Waals surface area (Å²) in [4.78, 5) is 14.4. The SMILES string of the molecule is O=C(NC1(CCl)CCC1)c1cc2c(s1)CCC2. The summed E-state index contributed by atoms with van der Waals surface area (Å²) in [6.07, 6.45) is 6.75. The Kier molecular flexibility index (Phi) is 2.91. The van der Waals surface area contributed by atoms with Gasteiger partial charge < -0.3 is 5.32 Å². The molecule has 0 unspecified atom stereocenters. The molecule has 1 heterocycles. The molecule has 1 amide bonds. The van der Waals surface area contributed by atoms with Crippen LogP contribution in [0.1, 0.15) is 45.8 Å². The van der Waals surface area contributed by atoms with E-state index in [4.69, 9.17) is 11.6 Å². The minimum Gasteiger partial charge on any atom is -0.345 e. The average molecular weight is 270 g/mol. The minimum atomic E-state index is -0.118. The summed E-state index contributed by atoms with van der Waals surface area (Å²) in [5.74, 6) is 0.605. The van der Waals surface area contributed by atoms with E-state index in [9.17, 15) is 4.79 Å². The lowest BCUT2D eigenvalue weighted by molar-refractivity contribution is 0.0858. The lowest BCUT2D eigenvalue weighted by atomic mass is 9.78. The maximum absolute atomic E-state index is 12.2. The van der Waals surface area contributed by atoms with E-state index in [0.29, 0.717) is 5.88 Å². The zero-order chi connectivity index (χ0) is 11.9. The fourth-order valence-electron chi connectivity index (χ4n) is 2.64. The quantitative estimate of drug-likeness (QED) is 0.840. The van der Waals surface area contributed by atoms with Crippen LogP contribution in [0.25, 0.3) is 0 Å². The predicted molar refractivity (Wildman–Crippen MR) is 71.1 cm³/mol. The zero-order valence-corrected chi connectivity index (χ0v) is 11.3. The van der Waals surface area contributed by atoms with E-state index in [2.05, 4.69) is 11.4 Å². The molecule has 1 N–H and O–H groups in total. The van der Waals surface area contributed by atoms with E-state index in [0.717, 1.165) is 30.6 Å². The molecule has 3 rings (SSSR count). The number of thiophene rings is 1. The van der Waals surface area contributed by atoms with Crippen molar-refractivity contribution in [2.75, 3.05) is 5.88 Å². The minimum absolute atomic E-state index is 0.0738. The third kappa shape index (κ3) is 2.00. The number of hydrogen-bond donors (Lipinski definition) is 1. The predicted octanol–water partition coefficient (Wildman–Crippen LogP) is 3.13. The van der Waals surface area contributed by atoms with E-state index < -0.39 is 0 Å². The third-order valence-corrected chi connectivity index (χ3v) is 5.66. The second-order valence-electron chi connectivity index (χ2n) is 5.13. The largest absolute Gasteiger partial charge is 0.345 e. The standard InChI is InChI=1S/C13H16ClNOS/c14-8-13(5-2-6-13)15-12(16)11-7-9-3-1-4-10(9)17-11/h7H,1-6,8H2,(H,15,16). The fourth-order valence-corrected chi connectivity index (χ4v) is 4.12. The molecule has 1 aromatic heterocycles. The molecule has 0 aliphatic heterocycles. The van der Waals surface area contributed by atoms with E-state index >= 15 is 0 Å². The lowest BCUT2D eigenvalue weighted by Crippen LogP contribution is -2.54. The Morgan fingerprint density at radius 3 is 2.82 bits per heavy atom. The van der Waals surface area contributed by atoms with Crippen molar-refractivity contribution < 1.29 is 4.79 Å². The van der Waals surface area contributed by atoms with Crippen LogP contribution in [-0.2, 0) is 12.8 Å². The maximum Gasteiger partial charge on any atom is 0.261 e. The van der Waals surface area contributed by atoms with Gasteiger partial charge in [0.15, 0.2) is 0 Å². The molecular weight excluding hydrogens is 254 g/mol. The van der Waals surface area contributed by atoms with Crippen LogP contribution in [0.3, 0.4) is 0 Å². The lowest BCUT2D eigenvalue weighted by Gasteiger charge is -2.40. The Morgan fingerprint density at radius 1 is 1.41 bits per heavy atom. The second kappa shape index (κ2) is 4.29. The van der Waals surface area contributed by atoms with Crippen molar-refractivity contribution in [2.45, 2.75) is 44.1 Å². The van der Waals surface area contributed by atoms with E-state index in [1.165, 1.54) is 23.3 Å². The third-order valence-electron chi connectivity index (χ3n) is 3.92. The number of amides is 1. The van der Waals surface area contributed by atoms with Gasteiger partial charge in [0, 0.05) is 10.8 Å². The number of hydrogen-bond acceptors (Lipinski definition) is 2. The number of halogens is 1. The van der Waals surface area contributed by atoms with Gasteiger partial charge in [-0.15, -0.1) is 22.9 Å². The van der Waals surface area contributed by atoms with Crippen LogP contribution < -0.4 is 5.32 Å². The van der Waals surface area contributed by atoms with E-state index in [-0.39, 0.29) is 11.4 Å². The van der Waals surface area contributed by atoms with Crippen molar-refractivity contribution in [3.05, 3.63) is 21.4 Å². The van der Waals surface area contributed by atoms with Gasteiger partial charge in [0.2, 0.25) is 0 Å². The van der Waals surface area contributed by atoms with Crippen LogP contribution in [0.4, 0.5) is 0 Å². The summed E-state index contributed by atoms with van der Waals surface area (Å²) in [6.45, 7) is 0. The van der Waals surface area contributed by atoms with Gasteiger partial charge in [-0.05, 0) is 50.2 Å². The topological polar surface area (TPSA) is 29.1 Å². The summed E-state index contributed by atoms with van der Waals surface area (Å²) in [6, 6.07) is 2.07. The molecule has 4 heteroatoms. The van der Waals surface area contributed by atoms with Gasteiger partial charge in [-0.1, -0.05) is 0 Å². The molecular formula is C13H16ClNOS. The van der Waals surface area contributed by atoms with Crippen LogP contribution in [0, 0.1) is 0 Å². The highest BCUT2D eigenvalue weighted by Crippen LogP contribution is 2.35. The molecule has 0 aromatic carbocycles. The fraction of sp³-hybridized carbons (Fsp3) is 0.615. The van der Waals surface area contributed by atoms with Crippen LogP contribution in [-0.4, -0.2) is 17.3 Å². The summed E-state index contributed by atoms with van der Waals surface area (Å²) in [5, 5.41) is 3.12. The zero-order valence-electron chi connectivity index (χ0n) is 9.72. The monoisotopic (exact) mass is 269 g/mol. The smallest absolute Gasteiger partial charge is 0.261 e. The molecule has 0 radical (unpaired) electrons. The first-order valence-corrected chi connectivity index (χ1v) is 7.58. The number of alkyl halides is 1. The van der Waals surface area contributed by atoms with Crippen molar-refractivity contribution in [2.24, 2.45) is 0 Å². The van der Waals surface area contributed by atoms with Gasteiger partial charge in [0.05, 0.1) is 10.4 Å². The van der Waals surface area contributed by atoms with Gasteiger partial charge in [-0.2, -0.15) is 0 Å². The molecule has 1 fully saturated rings. The Morgan fingerprint density at radius 2 is 2.24 bits per heavy atom. The number of nitrogens with one attached hydrogen (secondary N) is 1. The summed E-state index contributed by atoms with van der Waals surface area (Å²) in [7, 11) is 0. The maximum atomic E-state index is 12.2. The van der Waals surface area contributed by atoms with Gasteiger partial charge >= 0.3 is 0 Å². The molecule has 1 aromatic rings. The van der Waals surface area contributed by atoms with Crippen molar-refractivity contribution in [3.63, 3.8) is 0 Å². The number of carbonyl (C=O) groups is 1. The van der Waals surface area contributed by atoms with E-state index in [1.54, 1.807) is 11.3 Å². The number of fused-ring (bicyclic) bond motifs is 1. The Labute approximate surface area is 110 Å². The number of rotatable bonds is 3. The van der Waals surface area contributed by atoms with Gasteiger partial charge in [-0.3, -0.25) is 4.79 Å². The van der Waals surface area contributed by atoms with Crippen molar-refractivity contribution in [3.8, 4) is 0 Å². The van der Waals surface area contributed by atoms with Crippen LogP contribution >= 0.6 is 22.9 Å². The second-order valence-corrected chi connectivity index (χ2v) is 6.54. The average Bonchev–Trinajstić information content (AvgIpc) is 2.82. The van der Waals surface area contributed by atoms with Crippen molar-refractivity contribution >= 4 is 28.8 Å². The van der Waals surface area contributed by atoms with Gasteiger partial charge in [0.1, 0.15) is 0 Å². The highest BCUT2D eigenvalue weighted by atomic mass is 35.5. The highest BCUT2D eigenvalue weighted by Gasteiger charge is 2.38. The summed E-state index contributed by atoms with van der Waals surface area (Å²) in [5.41, 5.74) is 1.27. The van der Waals surface area contributed by atoms with Crippen LogP contribution in [0.15, 0.2) is 6.07 Å².